The quantitative estimate of drug-likeness (QED) is 0.635. The highest BCUT2D eigenvalue weighted by Gasteiger charge is 2.59. The number of hydrogen-bond acceptors (Lipinski definition) is 3. The van der Waals surface area contributed by atoms with Gasteiger partial charge in [0.15, 0.2) is 0 Å². The second-order valence-corrected chi connectivity index (χ2v) is 8.05. The minimum Gasteiger partial charge on any atom is -0.352 e. The summed E-state index contributed by atoms with van der Waals surface area (Å²) in [6.45, 7) is 0.522. The van der Waals surface area contributed by atoms with E-state index in [4.69, 9.17) is 0 Å². The Labute approximate surface area is 169 Å². The number of amides is 3. The number of rotatable bonds is 5. The third-order valence-corrected chi connectivity index (χ3v) is 6.38. The van der Waals surface area contributed by atoms with Crippen molar-refractivity contribution in [1.29, 1.82) is 0 Å². The number of carbonyl (C=O) groups is 3. The molecule has 1 saturated heterocycles. The number of nitrogens with one attached hydrogen (secondary N) is 1. The molecule has 146 valence electrons. The number of carbonyl (C=O) groups excluding carboxylic acids is 3. The lowest BCUT2D eigenvalue weighted by Gasteiger charge is -2.18. The Morgan fingerprint density at radius 2 is 1.62 bits per heavy atom. The molecule has 5 nitrogen and oxygen atoms in total. The fraction of sp³-hybridized carbons (Fsp3) is 0.292. The van der Waals surface area contributed by atoms with Crippen LogP contribution in [0.1, 0.15) is 22.3 Å². The molecular formula is C24H22N2O3. The number of hydrogen-bond donors (Lipinski definition) is 1. The van der Waals surface area contributed by atoms with Crippen molar-refractivity contribution >= 4 is 23.4 Å². The SMILES string of the molecule is O=C(NCCc1ccccc1)c1cccc(N2C(=O)[C@H]3[C@H](C2=O)[C@H]2C=C[C@H]3C2)c1. The van der Waals surface area contributed by atoms with E-state index in [9.17, 15) is 14.4 Å². The van der Waals surface area contributed by atoms with Gasteiger partial charge >= 0.3 is 0 Å². The van der Waals surface area contributed by atoms with E-state index in [0.717, 1.165) is 18.4 Å². The first kappa shape index (κ1) is 17.9. The Morgan fingerprint density at radius 1 is 0.931 bits per heavy atom. The zero-order valence-corrected chi connectivity index (χ0v) is 16.0. The van der Waals surface area contributed by atoms with Gasteiger partial charge in [0.25, 0.3) is 5.91 Å². The van der Waals surface area contributed by atoms with Gasteiger partial charge < -0.3 is 5.32 Å². The molecule has 2 aromatic rings. The topological polar surface area (TPSA) is 66.5 Å². The summed E-state index contributed by atoms with van der Waals surface area (Å²) in [6.07, 6.45) is 5.81. The van der Waals surface area contributed by atoms with Gasteiger partial charge in [0.2, 0.25) is 11.8 Å². The van der Waals surface area contributed by atoms with Crippen LogP contribution in [0.15, 0.2) is 66.7 Å². The van der Waals surface area contributed by atoms with Crippen LogP contribution in [-0.2, 0) is 16.0 Å². The van der Waals surface area contributed by atoms with E-state index >= 15 is 0 Å². The largest absolute Gasteiger partial charge is 0.352 e. The standard InChI is InChI=1S/C24H22N2O3/c27-22(25-12-11-15-5-2-1-3-6-15)18-7-4-8-19(14-18)26-23(28)20-16-9-10-17(13-16)21(20)24(26)29/h1-10,14,16-17,20-21H,11-13H2,(H,25,27)/t16-,17-,20+,21+/m0/s1. The predicted molar refractivity (Wildman–Crippen MR) is 109 cm³/mol. The molecule has 5 heteroatoms. The Kier molecular flexibility index (Phi) is 4.31. The van der Waals surface area contributed by atoms with E-state index in [0.29, 0.717) is 17.8 Å². The molecule has 2 fully saturated rings. The maximum Gasteiger partial charge on any atom is 0.251 e. The Balaban J connectivity index is 1.29. The number of benzene rings is 2. The second kappa shape index (κ2) is 6.99. The summed E-state index contributed by atoms with van der Waals surface area (Å²) >= 11 is 0. The second-order valence-electron chi connectivity index (χ2n) is 8.05. The smallest absolute Gasteiger partial charge is 0.251 e. The van der Waals surface area contributed by atoms with Crippen LogP contribution in [0.25, 0.3) is 0 Å². The molecule has 29 heavy (non-hydrogen) atoms. The molecule has 3 aliphatic rings. The van der Waals surface area contributed by atoms with Crippen molar-refractivity contribution in [3.8, 4) is 0 Å². The third-order valence-electron chi connectivity index (χ3n) is 6.38. The van der Waals surface area contributed by atoms with Crippen molar-refractivity contribution in [1.82, 2.24) is 5.32 Å². The van der Waals surface area contributed by atoms with Gasteiger partial charge in [0.1, 0.15) is 0 Å². The van der Waals surface area contributed by atoms with E-state index < -0.39 is 0 Å². The molecule has 1 saturated carbocycles. The fourth-order valence-electron chi connectivity index (χ4n) is 5.01. The minimum atomic E-state index is -0.235. The molecule has 0 radical (unpaired) electrons. The average Bonchev–Trinajstić information content (AvgIpc) is 3.42. The molecule has 0 unspecified atom stereocenters. The molecule has 2 aliphatic carbocycles. The van der Waals surface area contributed by atoms with Crippen molar-refractivity contribution in [3.05, 3.63) is 77.9 Å². The van der Waals surface area contributed by atoms with Crippen molar-refractivity contribution < 1.29 is 14.4 Å². The van der Waals surface area contributed by atoms with Crippen LogP contribution in [0, 0.1) is 23.7 Å². The van der Waals surface area contributed by atoms with Gasteiger partial charge in [0, 0.05) is 12.1 Å². The minimum absolute atomic E-state index is 0.126. The van der Waals surface area contributed by atoms with Gasteiger partial charge in [-0.3, -0.25) is 14.4 Å². The first-order valence-corrected chi connectivity index (χ1v) is 10.1. The van der Waals surface area contributed by atoms with Crippen molar-refractivity contribution in [2.75, 3.05) is 11.4 Å². The van der Waals surface area contributed by atoms with Crippen LogP contribution < -0.4 is 10.2 Å². The molecule has 0 spiro atoms. The fourth-order valence-corrected chi connectivity index (χ4v) is 5.01. The molecule has 2 aromatic carbocycles. The molecule has 4 atom stereocenters. The zero-order chi connectivity index (χ0) is 20.0. The molecule has 1 aliphatic heterocycles. The normalized spacial score (nSPS) is 26.8. The van der Waals surface area contributed by atoms with Gasteiger partial charge in [-0.25, -0.2) is 4.90 Å². The predicted octanol–water partition coefficient (Wildman–Crippen LogP) is 2.97. The summed E-state index contributed by atoms with van der Waals surface area (Å²) in [5.41, 5.74) is 2.10. The van der Waals surface area contributed by atoms with Gasteiger partial charge in [-0.05, 0) is 48.4 Å². The van der Waals surface area contributed by atoms with Crippen molar-refractivity contribution in [3.63, 3.8) is 0 Å². The monoisotopic (exact) mass is 386 g/mol. The summed E-state index contributed by atoms with van der Waals surface area (Å²) in [6, 6.07) is 16.8. The van der Waals surface area contributed by atoms with Crippen LogP contribution in [0.3, 0.4) is 0 Å². The molecule has 1 N–H and O–H groups in total. The van der Waals surface area contributed by atoms with Gasteiger partial charge in [-0.15, -0.1) is 0 Å². The molecule has 3 amide bonds. The number of fused-ring (bicyclic) bond motifs is 5. The lowest BCUT2D eigenvalue weighted by atomic mass is 9.85. The first-order chi connectivity index (χ1) is 14.1. The average molecular weight is 386 g/mol. The molecule has 1 heterocycles. The highest BCUT2D eigenvalue weighted by molar-refractivity contribution is 6.23. The molecule has 5 rings (SSSR count). The van der Waals surface area contributed by atoms with Gasteiger partial charge in [0.05, 0.1) is 17.5 Å². The lowest BCUT2D eigenvalue weighted by Crippen LogP contribution is -2.33. The van der Waals surface area contributed by atoms with Gasteiger partial charge in [-0.2, -0.15) is 0 Å². The highest BCUT2D eigenvalue weighted by Crippen LogP contribution is 2.53. The maximum absolute atomic E-state index is 13.0. The molecule has 0 aromatic heterocycles. The Morgan fingerprint density at radius 3 is 2.31 bits per heavy atom. The van der Waals surface area contributed by atoms with Crippen LogP contribution in [0.5, 0.6) is 0 Å². The number of allylic oxidation sites excluding steroid dienone is 2. The summed E-state index contributed by atoms with van der Waals surface area (Å²) in [5, 5.41) is 2.91. The summed E-state index contributed by atoms with van der Waals surface area (Å²) in [7, 11) is 0. The van der Waals surface area contributed by atoms with Gasteiger partial charge in [-0.1, -0.05) is 48.6 Å². The van der Waals surface area contributed by atoms with Crippen LogP contribution in [0.2, 0.25) is 0 Å². The molecular weight excluding hydrogens is 364 g/mol. The van der Waals surface area contributed by atoms with Crippen LogP contribution in [-0.4, -0.2) is 24.3 Å². The molecule has 2 bridgehead atoms. The summed E-state index contributed by atoms with van der Waals surface area (Å²) < 4.78 is 0. The van der Waals surface area contributed by atoms with E-state index in [2.05, 4.69) is 17.5 Å². The van der Waals surface area contributed by atoms with Crippen LogP contribution >= 0.6 is 0 Å². The van der Waals surface area contributed by atoms with Crippen molar-refractivity contribution in [2.24, 2.45) is 23.7 Å². The lowest BCUT2D eigenvalue weighted by molar-refractivity contribution is -0.123. The number of anilines is 1. The Bertz CT molecular complexity index is 984. The van der Waals surface area contributed by atoms with Crippen molar-refractivity contribution in [2.45, 2.75) is 12.8 Å². The number of nitrogens with zero attached hydrogens (tertiary/aromatic N) is 1. The maximum atomic E-state index is 13.0. The number of imide groups is 1. The zero-order valence-electron chi connectivity index (χ0n) is 16.0. The first-order valence-electron chi connectivity index (χ1n) is 10.1. The van der Waals surface area contributed by atoms with E-state index in [1.165, 1.54) is 4.90 Å². The highest BCUT2D eigenvalue weighted by atomic mass is 16.2. The summed E-state index contributed by atoms with van der Waals surface area (Å²) in [5.74, 6) is -0.575. The summed E-state index contributed by atoms with van der Waals surface area (Å²) in [4.78, 5) is 39.8. The van der Waals surface area contributed by atoms with E-state index in [1.807, 2.05) is 30.3 Å². The van der Waals surface area contributed by atoms with E-state index in [1.54, 1.807) is 24.3 Å². The van der Waals surface area contributed by atoms with Crippen LogP contribution in [0.4, 0.5) is 5.69 Å². The third kappa shape index (κ3) is 2.97. The Hall–Kier alpha value is -3.21. The van der Waals surface area contributed by atoms with E-state index in [-0.39, 0.29) is 41.4 Å².